The lowest BCUT2D eigenvalue weighted by Gasteiger charge is -2.12. The number of aromatic carboxylic acids is 1. The first-order valence-electron chi connectivity index (χ1n) is 5.56. The maximum Gasteiger partial charge on any atom is 0.340 e. The Hall–Kier alpha value is -1.72. The van der Waals surface area contributed by atoms with Gasteiger partial charge in [0.15, 0.2) is 11.6 Å². The van der Waals surface area contributed by atoms with Crippen LogP contribution in [0.25, 0.3) is 0 Å². The van der Waals surface area contributed by atoms with Crippen molar-refractivity contribution in [3.05, 3.63) is 52.8 Å². The molecule has 0 aromatic heterocycles. The number of carboxylic acids is 1. The van der Waals surface area contributed by atoms with Gasteiger partial charge in [-0.1, -0.05) is 23.7 Å². The van der Waals surface area contributed by atoms with Gasteiger partial charge in [-0.25, -0.2) is 9.18 Å². The molecule has 6 heteroatoms. The number of carbonyl (C=O) groups is 1. The number of benzene rings is 2. The van der Waals surface area contributed by atoms with Crippen molar-refractivity contribution in [1.82, 2.24) is 0 Å². The fourth-order valence-corrected chi connectivity index (χ4v) is 2.43. The van der Waals surface area contributed by atoms with E-state index in [1.54, 1.807) is 18.4 Å². The minimum Gasteiger partial charge on any atom is -0.478 e. The zero-order valence-electron chi connectivity index (χ0n) is 10.4. The molecule has 2 aromatic carbocycles. The Bertz CT molecular complexity index is 661. The molecule has 0 bridgehead atoms. The molecule has 0 amide bonds. The van der Waals surface area contributed by atoms with Gasteiger partial charge in [-0.2, -0.15) is 0 Å². The second-order valence-electron chi connectivity index (χ2n) is 3.79. The summed E-state index contributed by atoms with van der Waals surface area (Å²) in [5, 5.41) is 9.18. The molecule has 2 rings (SSSR count). The minimum atomic E-state index is -1.13. The van der Waals surface area contributed by atoms with E-state index in [2.05, 4.69) is 0 Å². The highest BCUT2D eigenvalue weighted by atomic mass is 35.5. The normalized spacial score (nSPS) is 10.3. The first-order chi connectivity index (χ1) is 9.54. The van der Waals surface area contributed by atoms with Gasteiger partial charge in [-0.3, -0.25) is 0 Å². The molecule has 20 heavy (non-hydrogen) atoms. The van der Waals surface area contributed by atoms with E-state index in [0.717, 1.165) is 0 Å². The van der Waals surface area contributed by atoms with Crippen LogP contribution in [0.5, 0.6) is 11.5 Å². The number of hydrogen-bond acceptors (Lipinski definition) is 3. The summed E-state index contributed by atoms with van der Waals surface area (Å²) in [5.41, 5.74) is -0.000578. The zero-order valence-corrected chi connectivity index (χ0v) is 12.0. The molecule has 0 fully saturated rings. The third-order valence-electron chi connectivity index (χ3n) is 2.56. The molecule has 1 N–H and O–H groups in total. The Morgan fingerprint density at radius 3 is 2.55 bits per heavy atom. The average molecular weight is 313 g/mol. The van der Waals surface area contributed by atoms with Gasteiger partial charge in [0.25, 0.3) is 0 Å². The Balaban J connectivity index is 2.48. The van der Waals surface area contributed by atoms with Crippen LogP contribution in [-0.4, -0.2) is 17.3 Å². The minimum absolute atomic E-state index is 0.000578. The van der Waals surface area contributed by atoms with Crippen molar-refractivity contribution in [3.63, 3.8) is 0 Å². The monoisotopic (exact) mass is 312 g/mol. The van der Waals surface area contributed by atoms with E-state index in [1.165, 1.54) is 36.0 Å². The van der Waals surface area contributed by atoms with Crippen molar-refractivity contribution in [1.29, 1.82) is 0 Å². The number of carboxylic acid groups (broad SMARTS) is 1. The third-order valence-corrected chi connectivity index (χ3v) is 3.63. The molecular formula is C14H10ClFO3S. The summed E-state index contributed by atoms with van der Waals surface area (Å²) < 4.78 is 19.2. The van der Waals surface area contributed by atoms with Crippen molar-refractivity contribution < 1.29 is 19.0 Å². The Kier molecular flexibility index (Phi) is 4.52. The van der Waals surface area contributed by atoms with Crippen molar-refractivity contribution >= 4 is 29.3 Å². The number of halogens is 2. The fraction of sp³-hybridized carbons (Fsp3) is 0.0714. The Morgan fingerprint density at radius 2 is 1.90 bits per heavy atom. The highest BCUT2D eigenvalue weighted by molar-refractivity contribution is 7.98. The maximum atomic E-state index is 13.8. The Labute approximate surface area is 124 Å². The molecule has 0 aliphatic rings. The summed E-state index contributed by atoms with van der Waals surface area (Å²) >= 11 is 6.94. The van der Waals surface area contributed by atoms with E-state index in [4.69, 9.17) is 16.3 Å². The van der Waals surface area contributed by atoms with Crippen molar-refractivity contribution in [2.75, 3.05) is 6.26 Å². The summed E-state index contributed by atoms with van der Waals surface area (Å²) in [6.45, 7) is 0. The quantitative estimate of drug-likeness (QED) is 0.832. The van der Waals surface area contributed by atoms with E-state index in [0.29, 0.717) is 4.90 Å². The molecule has 0 saturated carbocycles. The fourth-order valence-electron chi connectivity index (χ4n) is 1.66. The highest BCUT2D eigenvalue weighted by Crippen LogP contribution is 2.34. The molecule has 0 aliphatic heterocycles. The maximum absolute atomic E-state index is 13.8. The summed E-state index contributed by atoms with van der Waals surface area (Å²) in [6, 6.07) is 9.09. The lowest BCUT2D eigenvalue weighted by molar-refractivity contribution is 0.0690. The molecule has 2 aromatic rings. The zero-order chi connectivity index (χ0) is 14.7. The van der Waals surface area contributed by atoms with Crippen LogP contribution < -0.4 is 4.74 Å². The van der Waals surface area contributed by atoms with E-state index in [1.807, 2.05) is 0 Å². The molecule has 104 valence electrons. The highest BCUT2D eigenvalue weighted by Gasteiger charge is 2.18. The Morgan fingerprint density at radius 1 is 1.25 bits per heavy atom. The average Bonchev–Trinajstić information content (AvgIpc) is 2.43. The first kappa shape index (κ1) is 14.7. The predicted octanol–water partition coefficient (Wildman–Crippen LogP) is 4.69. The van der Waals surface area contributed by atoms with E-state index in [-0.39, 0.29) is 22.1 Å². The topological polar surface area (TPSA) is 46.5 Å². The van der Waals surface area contributed by atoms with Crippen LogP contribution in [0.3, 0.4) is 0 Å². The van der Waals surface area contributed by atoms with Crippen molar-refractivity contribution in [3.8, 4) is 11.5 Å². The lowest BCUT2D eigenvalue weighted by atomic mass is 10.2. The summed E-state index contributed by atoms with van der Waals surface area (Å²) in [4.78, 5) is 11.9. The van der Waals surface area contributed by atoms with E-state index in [9.17, 15) is 14.3 Å². The molecule has 0 atom stereocenters. The SMILES string of the molecule is CSc1cccc(Oc2cccc(Cl)c2F)c1C(=O)O. The van der Waals surface area contributed by atoms with Crippen LogP contribution in [-0.2, 0) is 0 Å². The van der Waals surface area contributed by atoms with Gasteiger partial charge in [0.1, 0.15) is 11.3 Å². The molecular weight excluding hydrogens is 303 g/mol. The van der Waals surface area contributed by atoms with Gasteiger partial charge in [0, 0.05) is 4.90 Å². The van der Waals surface area contributed by atoms with Crippen LogP contribution in [0, 0.1) is 5.82 Å². The van der Waals surface area contributed by atoms with Crippen LogP contribution >= 0.6 is 23.4 Å². The summed E-state index contributed by atoms with van der Waals surface area (Å²) in [5.74, 6) is -1.89. The van der Waals surface area contributed by atoms with Crippen molar-refractivity contribution in [2.24, 2.45) is 0 Å². The van der Waals surface area contributed by atoms with Gasteiger partial charge < -0.3 is 9.84 Å². The van der Waals surface area contributed by atoms with E-state index < -0.39 is 11.8 Å². The van der Waals surface area contributed by atoms with Gasteiger partial charge in [-0.05, 0) is 30.5 Å². The standard InChI is InChI=1S/C14H10ClFO3S/c1-20-11-7-3-5-9(12(11)14(17)18)19-10-6-2-4-8(15)13(10)16/h2-7H,1H3,(H,17,18). The molecule has 0 radical (unpaired) electrons. The smallest absolute Gasteiger partial charge is 0.340 e. The van der Waals surface area contributed by atoms with Gasteiger partial charge >= 0.3 is 5.97 Å². The molecule has 0 heterocycles. The van der Waals surface area contributed by atoms with Crippen LogP contribution in [0.15, 0.2) is 41.3 Å². The molecule has 0 spiro atoms. The number of thioether (sulfide) groups is 1. The van der Waals surface area contributed by atoms with Crippen LogP contribution in [0.2, 0.25) is 5.02 Å². The van der Waals surface area contributed by atoms with Gasteiger partial charge in [0.2, 0.25) is 0 Å². The predicted molar refractivity (Wildman–Crippen MR) is 76.7 cm³/mol. The summed E-state index contributed by atoms with van der Waals surface area (Å²) in [7, 11) is 0. The molecule has 3 nitrogen and oxygen atoms in total. The lowest BCUT2D eigenvalue weighted by Crippen LogP contribution is -2.02. The van der Waals surface area contributed by atoms with Gasteiger partial charge in [-0.15, -0.1) is 11.8 Å². The van der Waals surface area contributed by atoms with Crippen LogP contribution in [0.1, 0.15) is 10.4 Å². The molecule has 0 saturated heterocycles. The van der Waals surface area contributed by atoms with Gasteiger partial charge in [0.05, 0.1) is 5.02 Å². The van der Waals surface area contributed by atoms with Crippen molar-refractivity contribution in [2.45, 2.75) is 4.90 Å². The number of rotatable bonds is 4. The summed E-state index contributed by atoms with van der Waals surface area (Å²) in [6.07, 6.45) is 1.76. The third kappa shape index (κ3) is 2.89. The van der Waals surface area contributed by atoms with Crippen LogP contribution in [0.4, 0.5) is 4.39 Å². The largest absolute Gasteiger partial charge is 0.478 e. The number of hydrogen-bond donors (Lipinski definition) is 1. The molecule has 0 unspecified atom stereocenters. The number of ether oxygens (including phenoxy) is 1. The molecule has 0 aliphatic carbocycles. The first-order valence-corrected chi connectivity index (χ1v) is 7.17. The second-order valence-corrected chi connectivity index (χ2v) is 5.05. The van der Waals surface area contributed by atoms with E-state index >= 15 is 0 Å². The second kappa shape index (κ2) is 6.15.